The maximum absolute atomic E-state index is 4.26. The molecule has 0 aromatic carbocycles. The van der Waals surface area contributed by atoms with Gasteiger partial charge in [-0.05, 0) is 26.3 Å². The van der Waals surface area contributed by atoms with Gasteiger partial charge in [-0.15, -0.1) is 0 Å². The maximum atomic E-state index is 4.26. The average molecular weight is 152 g/mol. The van der Waals surface area contributed by atoms with Crippen LogP contribution in [0.25, 0.3) is 0 Å². The number of aryl methyl sites for hydroxylation is 1. The molecule has 2 heterocycles. The topological polar surface area (TPSA) is 53.6 Å². The molecule has 0 aliphatic carbocycles. The van der Waals surface area contributed by atoms with Gasteiger partial charge in [0.15, 0.2) is 0 Å². The lowest BCUT2D eigenvalue weighted by Crippen LogP contribution is -2.14. The number of aromatic nitrogens is 3. The van der Waals surface area contributed by atoms with E-state index < -0.39 is 0 Å². The third-order valence-corrected chi connectivity index (χ3v) is 2.00. The molecule has 4 nitrogen and oxygen atoms in total. The highest BCUT2D eigenvalue weighted by atomic mass is 15.2. The summed E-state index contributed by atoms with van der Waals surface area (Å²) in [5.41, 5.74) is 0. The molecule has 0 bridgehead atoms. The average Bonchev–Trinajstić information content (AvgIpc) is 2.55. The van der Waals surface area contributed by atoms with Gasteiger partial charge < -0.3 is 5.32 Å². The summed E-state index contributed by atoms with van der Waals surface area (Å²) in [7, 11) is 0. The number of aromatic amines is 1. The van der Waals surface area contributed by atoms with E-state index in [9.17, 15) is 0 Å². The van der Waals surface area contributed by atoms with Crippen LogP contribution in [0.1, 0.15) is 30.5 Å². The number of H-pyrrole nitrogens is 1. The SMILES string of the molecule is Cc1n[nH]c([C@@H]2CCCN2)n1. The van der Waals surface area contributed by atoms with Crippen LogP contribution in [0.15, 0.2) is 0 Å². The van der Waals surface area contributed by atoms with Crippen molar-refractivity contribution in [2.75, 3.05) is 6.54 Å². The smallest absolute Gasteiger partial charge is 0.147 e. The van der Waals surface area contributed by atoms with Crippen molar-refractivity contribution in [3.8, 4) is 0 Å². The van der Waals surface area contributed by atoms with Gasteiger partial charge >= 0.3 is 0 Å². The first-order valence-electron chi connectivity index (χ1n) is 3.98. The summed E-state index contributed by atoms with van der Waals surface area (Å²) in [5.74, 6) is 1.81. The van der Waals surface area contributed by atoms with Gasteiger partial charge in [-0.2, -0.15) is 5.10 Å². The van der Waals surface area contributed by atoms with Gasteiger partial charge in [0.2, 0.25) is 0 Å². The molecule has 0 radical (unpaired) electrons. The largest absolute Gasteiger partial charge is 0.307 e. The number of nitrogens with one attached hydrogen (secondary N) is 2. The summed E-state index contributed by atoms with van der Waals surface area (Å²) < 4.78 is 0. The van der Waals surface area contributed by atoms with E-state index in [0.29, 0.717) is 6.04 Å². The van der Waals surface area contributed by atoms with Crippen LogP contribution in [0.4, 0.5) is 0 Å². The van der Waals surface area contributed by atoms with Gasteiger partial charge in [0.1, 0.15) is 11.6 Å². The number of hydrogen-bond donors (Lipinski definition) is 2. The van der Waals surface area contributed by atoms with Crippen LogP contribution in [0.3, 0.4) is 0 Å². The van der Waals surface area contributed by atoms with Crippen molar-refractivity contribution in [2.24, 2.45) is 0 Å². The molecule has 1 atom stereocenters. The van der Waals surface area contributed by atoms with Crippen LogP contribution in [0.5, 0.6) is 0 Å². The second kappa shape index (κ2) is 2.62. The van der Waals surface area contributed by atoms with E-state index in [1.165, 1.54) is 12.8 Å². The maximum Gasteiger partial charge on any atom is 0.147 e. The fourth-order valence-electron chi connectivity index (χ4n) is 1.44. The summed E-state index contributed by atoms with van der Waals surface area (Å²) in [6.07, 6.45) is 2.42. The quantitative estimate of drug-likeness (QED) is 0.617. The minimum absolute atomic E-state index is 0.413. The first-order valence-corrected chi connectivity index (χ1v) is 3.98. The number of hydrogen-bond acceptors (Lipinski definition) is 3. The molecule has 0 spiro atoms. The zero-order chi connectivity index (χ0) is 7.68. The van der Waals surface area contributed by atoms with Crippen molar-refractivity contribution in [1.29, 1.82) is 0 Å². The molecule has 11 heavy (non-hydrogen) atoms. The van der Waals surface area contributed by atoms with E-state index in [1.54, 1.807) is 0 Å². The Morgan fingerprint density at radius 2 is 2.45 bits per heavy atom. The molecule has 0 saturated carbocycles. The summed E-state index contributed by atoms with van der Waals surface area (Å²) in [5, 5.41) is 10.3. The van der Waals surface area contributed by atoms with Crippen LogP contribution >= 0.6 is 0 Å². The van der Waals surface area contributed by atoms with E-state index in [4.69, 9.17) is 0 Å². The normalized spacial score (nSPS) is 24.3. The Balaban J connectivity index is 2.15. The monoisotopic (exact) mass is 152 g/mol. The van der Waals surface area contributed by atoms with E-state index in [0.717, 1.165) is 18.2 Å². The standard InChI is InChI=1S/C7H12N4/c1-5-9-7(11-10-5)6-3-2-4-8-6/h6,8H,2-4H2,1H3,(H,9,10,11)/t6-/m0/s1. The van der Waals surface area contributed by atoms with Crippen LogP contribution in [-0.2, 0) is 0 Å². The third-order valence-electron chi connectivity index (χ3n) is 2.00. The summed E-state index contributed by atoms with van der Waals surface area (Å²) in [6, 6.07) is 0.413. The predicted octanol–water partition coefficient (Wildman–Crippen LogP) is 0.538. The van der Waals surface area contributed by atoms with Crippen molar-refractivity contribution in [3.63, 3.8) is 0 Å². The molecule has 2 rings (SSSR count). The second-order valence-corrected chi connectivity index (χ2v) is 2.92. The molecule has 1 fully saturated rings. The van der Waals surface area contributed by atoms with E-state index >= 15 is 0 Å². The fourth-order valence-corrected chi connectivity index (χ4v) is 1.44. The van der Waals surface area contributed by atoms with Crippen molar-refractivity contribution < 1.29 is 0 Å². The van der Waals surface area contributed by atoms with Gasteiger partial charge in [-0.1, -0.05) is 0 Å². The van der Waals surface area contributed by atoms with Crippen LogP contribution in [0.2, 0.25) is 0 Å². The lowest BCUT2D eigenvalue weighted by atomic mass is 10.2. The highest BCUT2D eigenvalue weighted by Crippen LogP contribution is 2.18. The molecule has 1 aliphatic rings. The van der Waals surface area contributed by atoms with Gasteiger partial charge in [0, 0.05) is 0 Å². The molecule has 0 unspecified atom stereocenters. The summed E-state index contributed by atoms with van der Waals surface area (Å²) in [6.45, 7) is 3.00. The molecular formula is C7H12N4. The zero-order valence-corrected chi connectivity index (χ0v) is 6.59. The highest BCUT2D eigenvalue weighted by molar-refractivity contribution is 4.97. The first kappa shape index (κ1) is 6.79. The Morgan fingerprint density at radius 3 is 3.00 bits per heavy atom. The van der Waals surface area contributed by atoms with Gasteiger partial charge in [-0.3, -0.25) is 5.10 Å². The minimum atomic E-state index is 0.413. The molecule has 1 aromatic heterocycles. The van der Waals surface area contributed by atoms with Crippen LogP contribution in [0, 0.1) is 6.92 Å². The van der Waals surface area contributed by atoms with Gasteiger partial charge in [0.05, 0.1) is 6.04 Å². The Labute approximate surface area is 65.4 Å². The Bertz CT molecular complexity index is 236. The van der Waals surface area contributed by atoms with Crippen molar-refractivity contribution in [2.45, 2.75) is 25.8 Å². The molecule has 0 amide bonds. The van der Waals surface area contributed by atoms with E-state index in [1.807, 2.05) is 6.92 Å². The minimum Gasteiger partial charge on any atom is -0.307 e. The third kappa shape index (κ3) is 1.26. The number of nitrogens with zero attached hydrogens (tertiary/aromatic N) is 2. The lowest BCUT2D eigenvalue weighted by molar-refractivity contribution is 0.607. The number of rotatable bonds is 1. The fraction of sp³-hybridized carbons (Fsp3) is 0.714. The van der Waals surface area contributed by atoms with Crippen molar-refractivity contribution in [3.05, 3.63) is 11.6 Å². The van der Waals surface area contributed by atoms with Gasteiger partial charge in [-0.25, -0.2) is 4.98 Å². The molecule has 4 heteroatoms. The van der Waals surface area contributed by atoms with E-state index in [-0.39, 0.29) is 0 Å². The zero-order valence-electron chi connectivity index (χ0n) is 6.59. The van der Waals surface area contributed by atoms with Crippen molar-refractivity contribution in [1.82, 2.24) is 20.5 Å². The van der Waals surface area contributed by atoms with Gasteiger partial charge in [0.25, 0.3) is 0 Å². The lowest BCUT2D eigenvalue weighted by Gasteiger charge is -2.03. The first-order chi connectivity index (χ1) is 5.36. The van der Waals surface area contributed by atoms with Crippen LogP contribution in [-0.4, -0.2) is 21.7 Å². The summed E-state index contributed by atoms with van der Waals surface area (Å²) >= 11 is 0. The molecule has 1 aromatic rings. The Morgan fingerprint density at radius 1 is 1.55 bits per heavy atom. The molecule has 2 N–H and O–H groups in total. The van der Waals surface area contributed by atoms with Crippen molar-refractivity contribution >= 4 is 0 Å². The summed E-state index contributed by atoms with van der Waals surface area (Å²) in [4.78, 5) is 4.26. The van der Waals surface area contributed by atoms with E-state index in [2.05, 4.69) is 20.5 Å². The predicted molar refractivity (Wildman–Crippen MR) is 41.1 cm³/mol. The second-order valence-electron chi connectivity index (χ2n) is 2.92. The molecule has 1 aliphatic heterocycles. The highest BCUT2D eigenvalue weighted by Gasteiger charge is 2.18. The Hall–Kier alpha value is -0.900. The molecule has 60 valence electrons. The molecule has 1 saturated heterocycles. The van der Waals surface area contributed by atoms with Crippen LogP contribution < -0.4 is 5.32 Å². The molecular weight excluding hydrogens is 140 g/mol. The Kier molecular flexibility index (Phi) is 1.62.